The van der Waals surface area contributed by atoms with Crippen LogP contribution in [0.25, 0.3) is 81.8 Å². The maximum absolute atomic E-state index is 9.51. The summed E-state index contributed by atoms with van der Waals surface area (Å²) in [4.78, 5) is 12.7. The number of benzene rings is 6. The monoisotopic (exact) mass is 604 g/mol. The Kier molecular flexibility index (Phi) is 2.45. The summed E-state index contributed by atoms with van der Waals surface area (Å²) in [6.45, 7) is 0. The third-order valence-corrected chi connectivity index (χ3v) is 7.72. The van der Waals surface area contributed by atoms with Crippen molar-refractivity contribution in [2.24, 2.45) is 0 Å². The lowest BCUT2D eigenvalue weighted by molar-refractivity contribution is 1.07. The molecule has 0 saturated carbocycles. The standard InChI is InChI=1S/C39H24N4S/c1-3-11-25(12-4-1)37-40-38(26-13-5-2-6-14-26)42-39(41-37)27-19-21-28(22-20-27)43-33-17-9-7-15-29(33)31-23-24-32-30-16-8-10-18-34(30)44-36(32)35(31)43/h1-24H/i1D,2D,3D,4D,5D,6D,7D,8D,9D,10D,11D,12D,13D,14D,15D,16D,17D,18D,19D,20D,21D,22D,23D,24D. The van der Waals surface area contributed by atoms with Crippen molar-refractivity contribution in [3.8, 4) is 39.9 Å². The van der Waals surface area contributed by atoms with Gasteiger partial charge in [-0.25, -0.2) is 15.0 Å². The predicted octanol–water partition coefficient (Wildman–Crippen LogP) is 10.3. The quantitative estimate of drug-likeness (QED) is 0.201. The van der Waals surface area contributed by atoms with Crippen LogP contribution in [0.2, 0.25) is 0 Å². The molecule has 0 amide bonds. The van der Waals surface area contributed by atoms with E-state index in [0.29, 0.717) is 0 Å². The van der Waals surface area contributed by atoms with Crippen molar-refractivity contribution in [3.63, 3.8) is 0 Å². The highest BCUT2D eigenvalue weighted by atomic mass is 32.1. The highest BCUT2D eigenvalue weighted by molar-refractivity contribution is 7.26. The summed E-state index contributed by atoms with van der Waals surface area (Å²) in [6, 6.07) is -18.9. The van der Waals surface area contributed by atoms with E-state index in [0.717, 1.165) is 15.9 Å². The molecular weight excluding hydrogens is 557 g/mol. The van der Waals surface area contributed by atoms with Crippen LogP contribution in [-0.4, -0.2) is 19.5 Å². The van der Waals surface area contributed by atoms with Gasteiger partial charge in [-0.2, -0.15) is 0 Å². The number of para-hydroxylation sites is 1. The van der Waals surface area contributed by atoms with E-state index in [9.17, 15) is 6.85 Å². The van der Waals surface area contributed by atoms with Gasteiger partial charge in [0.05, 0.1) is 48.6 Å². The van der Waals surface area contributed by atoms with Crippen LogP contribution in [0.3, 0.4) is 0 Å². The minimum Gasteiger partial charge on any atom is -0.308 e. The van der Waals surface area contributed by atoms with E-state index in [-0.39, 0.29) is 36.5 Å². The smallest absolute Gasteiger partial charge is 0.164 e. The molecule has 0 radical (unpaired) electrons. The SMILES string of the molecule is [2H]c1c([2H])c([2H])c(-c2nc(-c3c([2H])c([2H])c([2H])c([2H])c3[2H])nc(-c3c([2H])c([2H])c(-n4c5c([2H])c([2H])c([2H])c([2H])c5c5c([2H])c([2H])c6c(sc7c([2H])c([2H])c([2H])c([2H])c76)c54)c([2H])c3[2H])n2)c([2H])c1[2H]. The lowest BCUT2D eigenvalue weighted by atomic mass is 10.1. The van der Waals surface area contributed by atoms with Crippen LogP contribution in [0, 0.1) is 0 Å². The van der Waals surface area contributed by atoms with Crippen LogP contribution in [0.1, 0.15) is 32.9 Å². The van der Waals surface area contributed by atoms with Gasteiger partial charge in [0.1, 0.15) is 0 Å². The molecule has 0 atom stereocenters. The molecule has 9 aromatic rings. The molecular formula is C39H24N4S. The average Bonchev–Trinajstić information content (AvgIpc) is 3.88. The summed E-state index contributed by atoms with van der Waals surface area (Å²) in [7, 11) is 0. The Bertz CT molecular complexity index is 3690. The topological polar surface area (TPSA) is 43.6 Å². The molecule has 0 aliphatic rings. The van der Waals surface area contributed by atoms with Crippen molar-refractivity contribution >= 4 is 53.3 Å². The molecule has 9 rings (SSSR count). The third kappa shape index (κ3) is 3.94. The molecule has 3 aromatic heterocycles. The number of rotatable bonds is 4. The zero-order valence-corrected chi connectivity index (χ0v) is 22.5. The van der Waals surface area contributed by atoms with Gasteiger partial charge < -0.3 is 4.57 Å². The first-order valence-electron chi connectivity index (χ1n) is 24.7. The van der Waals surface area contributed by atoms with Crippen LogP contribution >= 0.6 is 11.3 Å². The molecule has 206 valence electrons. The second-order valence-corrected chi connectivity index (χ2v) is 10.1. The predicted molar refractivity (Wildman–Crippen MR) is 183 cm³/mol. The zero-order valence-electron chi connectivity index (χ0n) is 45.7. The van der Waals surface area contributed by atoms with E-state index in [1.807, 2.05) is 0 Å². The molecule has 0 fully saturated rings. The van der Waals surface area contributed by atoms with Gasteiger partial charge >= 0.3 is 0 Å². The summed E-state index contributed by atoms with van der Waals surface area (Å²) in [5.41, 5.74) is -3.54. The normalized spacial score (nSPS) is 19.3. The van der Waals surface area contributed by atoms with Crippen molar-refractivity contribution in [2.75, 3.05) is 0 Å². The Balaban J connectivity index is 1.46. The van der Waals surface area contributed by atoms with E-state index in [2.05, 4.69) is 15.0 Å². The van der Waals surface area contributed by atoms with E-state index in [4.69, 9.17) is 26.0 Å². The lowest BCUT2D eigenvalue weighted by Gasteiger charge is -2.11. The largest absolute Gasteiger partial charge is 0.308 e. The van der Waals surface area contributed by atoms with Crippen molar-refractivity contribution in [1.82, 2.24) is 19.5 Å². The lowest BCUT2D eigenvalue weighted by Crippen LogP contribution is -2.00. The molecule has 6 aromatic carbocycles. The fourth-order valence-electron chi connectivity index (χ4n) is 4.75. The van der Waals surface area contributed by atoms with Gasteiger partial charge in [-0.3, -0.25) is 0 Å². The first-order valence-corrected chi connectivity index (χ1v) is 13.5. The number of thiophene rings is 1. The van der Waals surface area contributed by atoms with Crippen molar-refractivity contribution in [3.05, 3.63) is 145 Å². The summed E-state index contributed by atoms with van der Waals surface area (Å²) in [6.07, 6.45) is 0. The van der Waals surface area contributed by atoms with Crippen LogP contribution < -0.4 is 0 Å². The van der Waals surface area contributed by atoms with Gasteiger partial charge in [-0.05, 0) is 36.3 Å². The van der Waals surface area contributed by atoms with Crippen molar-refractivity contribution < 1.29 is 32.9 Å². The van der Waals surface area contributed by atoms with Crippen LogP contribution in [0.15, 0.2) is 145 Å². The maximum Gasteiger partial charge on any atom is 0.164 e. The zero-order chi connectivity index (χ0) is 49.9. The molecule has 4 nitrogen and oxygen atoms in total. The Morgan fingerprint density at radius 3 is 1.64 bits per heavy atom. The number of fused-ring (bicyclic) bond motifs is 7. The van der Waals surface area contributed by atoms with Crippen molar-refractivity contribution in [1.29, 1.82) is 0 Å². The Morgan fingerprint density at radius 1 is 0.455 bits per heavy atom. The molecule has 0 saturated heterocycles. The molecule has 0 N–H and O–H groups in total. The van der Waals surface area contributed by atoms with Crippen molar-refractivity contribution in [2.45, 2.75) is 0 Å². The second-order valence-electron chi connectivity index (χ2n) is 9.07. The maximum atomic E-state index is 9.51. The molecule has 3 heterocycles. The van der Waals surface area contributed by atoms with Crippen LogP contribution in [-0.2, 0) is 0 Å². The third-order valence-electron chi connectivity index (χ3n) is 6.61. The minimum absolute atomic E-state index is 0.0685. The van der Waals surface area contributed by atoms with Gasteiger partial charge in [0.25, 0.3) is 0 Å². The molecule has 0 aliphatic heterocycles. The van der Waals surface area contributed by atoms with E-state index < -0.39 is 190 Å². The van der Waals surface area contributed by atoms with Gasteiger partial charge in [0, 0.05) is 48.6 Å². The molecule has 0 unspecified atom stereocenters. The molecule has 0 aliphatic carbocycles. The summed E-state index contributed by atoms with van der Waals surface area (Å²) in [5.74, 6) is -2.33. The number of hydrogen-bond acceptors (Lipinski definition) is 4. The molecule has 5 heteroatoms. The fraction of sp³-hybridized carbons (Fsp3) is 0. The fourth-order valence-corrected chi connectivity index (χ4v) is 5.86. The number of aromatic nitrogens is 4. The number of hydrogen-bond donors (Lipinski definition) is 0. The van der Waals surface area contributed by atoms with Gasteiger partial charge in [0.15, 0.2) is 17.5 Å². The Hall–Kier alpha value is -5.65. The van der Waals surface area contributed by atoms with E-state index in [1.54, 1.807) is 0 Å². The first-order chi connectivity index (χ1) is 31.8. The summed E-state index contributed by atoms with van der Waals surface area (Å²) < 4.78 is 210. The van der Waals surface area contributed by atoms with Crippen LogP contribution in [0.5, 0.6) is 0 Å². The van der Waals surface area contributed by atoms with E-state index in [1.165, 1.54) is 0 Å². The first kappa shape index (κ1) is 10.8. The van der Waals surface area contributed by atoms with E-state index >= 15 is 0 Å². The van der Waals surface area contributed by atoms with Gasteiger partial charge in [0.2, 0.25) is 0 Å². The van der Waals surface area contributed by atoms with Gasteiger partial charge in [-0.1, -0.05) is 109 Å². The summed E-state index contributed by atoms with van der Waals surface area (Å²) in [5, 5.41) is -1.03. The Labute approximate surface area is 291 Å². The summed E-state index contributed by atoms with van der Waals surface area (Å²) >= 11 is 0.719. The molecule has 44 heavy (non-hydrogen) atoms. The molecule has 0 spiro atoms. The second kappa shape index (κ2) is 9.97. The number of nitrogens with zero attached hydrogens (tertiary/aromatic N) is 4. The minimum atomic E-state index is -0.975. The highest BCUT2D eigenvalue weighted by Gasteiger charge is 2.18. The average molecular weight is 605 g/mol. The Morgan fingerprint density at radius 2 is 0.977 bits per heavy atom. The highest BCUT2D eigenvalue weighted by Crippen LogP contribution is 2.43. The van der Waals surface area contributed by atoms with Crippen LogP contribution in [0.4, 0.5) is 0 Å². The molecule has 0 bridgehead atoms. The van der Waals surface area contributed by atoms with Gasteiger partial charge in [-0.15, -0.1) is 11.3 Å².